The molecule has 0 heterocycles. The fourth-order valence-corrected chi connectivity index (χ4v) is 7.26. The van der Waals surface area contributed by atoms with E-state index in [1.54, 1.807) is 54.5 Å². The van der Waals surface area contributed by atoms with E-state index in [1.165, 1.54) is 12.2 Å². The number of aliphatic hydroxyl groups is 3. The number of alkyl halides is 1. The monoisotopic (exact) mass is 688 g/mol. The van der Waals surface area contributed by atoms with Crippen LogP contribution in [0.15, 0.2) is 23.8 Å². The van der Waals surface area contributed by atoms with Crippen LogP contribution in [0.1, 0.15) is 99.8 Å². The number of aliphatic hydroxyl groups excluding tert-OH is 2. The number of allylic oxidation sites excluding steroid dienone is 4. The molecule has 7 N–H and O–H groups in total. The summed E-state index contributed by atoms with van der Waals surface area (Å²) in [6.07, 6.45) is 5.33. The summed E-state index contributed by atoms with van der Waals surface area (Å²) >= 11 is 0. The van der Waals surface area contributed by atoms with Gasteiger partial charge in [0.25, 0.3) is 0 Å². The number of hydrogen-bond acceptors (Lipinski definition) is 9. The van der Waals surface area contributed by atoms with Crippen LogP contribution in [0.5, 0.6) is 0 Å². The molecule has 3 saturated carbocycles. The normalized spacial score (nSPS) is 33.7. The Hall–Kier alpha value is -3.49. The van der Waals surface area contributed by atoms with E-state index in [1.807, 2.05) is 0 Å². The standard InChI is InChI=1S/C22H29FO5.4C3H6O2/c1-12-8-16-15-5-4-13-9-14(25)6-7-19(13,2)21(15,23)17(26)10-20(16,3)22(12,28)18(27)11-24;4*1-2-3(4)5/h6-7,9,12,15-17,24,26,28H,4-5,8,10-11H2,1-3H3;4*2H2,1H3,(H,4,5)/t12-,15-,16-,17-,19-,20-,21-,22-;;;;/m0..../s1. The lowest BCUT2D eigenvalue weighted by molar-refractivity contribution is -0.219. The van der Waals surface area contributed by atoms with Crippen LogP contribution in [0.2, 0.25) is 0 Å². The van der Waals surface area contributed by atoms with Gasteiger partial charge in [-0.1, -0.05) is 53.2 Å². The van der Waals surface area contributed by atoms with Gasteiger partial charge < -0.3 is 35.7 Å². The van der Waals surface area contributed by atoms with Crippen LogP contribution in [0.25, 0.3) is 0 Å². The zero-order valence-electron chi connectivity index (χ0n) is 28.9. The van der Waals surface area contributed by atoms with Crippen molar-refractivity contribution in [2.45, 2.75) is 117 Å². The predicted octanol–water partition coefficient (Wildman–Crippen LogP) is 3.82. The molecular formula is C34H53FO13. The molecule has 13 nitrogen and oxygen atoms in total. The molecule has 0 aliphatic heterocycles. The molecule has 3 fully saturated rings. The van der Waals surface area contributed by atoms with Crippen molar-refractivity contribution >= 4 is 35.4 Å². The third kappa shape index (κ3) is 9.35. The van der Waals surface area contributed by atoms with Crippen LogP contribution < -0.4 is 0 Å². The number of Topliss-reactive ketones (excluding diaryl/α,β-unsaturated/α-hetero) is 1. The average Bonchev–Trinajstić information content (AvgIpc) is 3.23. The highest BCUT2D eigenvalue weighted by Crippen LogP contribution is 2.70. The van der Waals surface area contributed by atoms with Crippen molar-refractivity contribution in [1.82, 2.24) is 0 Å². The number of carbonyl (C=O) groups excluding carboxylic acids is 2. The molecular weight excluding hydrogens is 635 g/mol. The van der Waals surface area contributed by atoms with Crippen molar-refractivity contribution in [1.29, 1.82) is 0 Å². The van der Waals surface area contributed by atoms with Crippen molar-refractivity contribution in [2.75, 3.05) is 6.61 Å². The largest absolute Gasteiger partial charge is 0.481 e. The van der Waals surface area contributed by atoms with E-state index in [-0.39, 0.29) is 43.8 Å². The molecule has 0 spiro atoms. The number of rotatable bonds is 6. The number of fused-ring (bicyclic) bond motifs is 5. The summed E-state index contributed by atoms with van der Waals surface area (Å²) in [4.78, 5) is 61.9. The second-order valence-electron chi connectivity index (χ2n) is 12.7. The Kier molecular flexibility index (Phi) is 17.0. The SMILES string of the molecule is CCC(=O)O.CCC(=O)O.CCC(=O)O.CCC(=O)O.C[C@H]1C[C@H]2[C@@H]3CCC4=CC(=O)C=C[C@]4(C)[C@@]3(F)[C@@H](O)C[C@]2(C)[C@@]1(O)C(=O)CO. The molecule has 0 saturated heterocycles. The number of aliphatic carboxylic acids is 4. The first-order chi connectivity index (χ1) is 22.0. The van der Waals surface area contributed by atoms with Gasteiger partial charge in [-0.2, -0.15) is 0 Å². The lowest BCUT2D eigenvalue weighted by Gasteiger charge is -2.62. The quantitative estimate of drug-likeness (QED) is 0.210. The predicted molar refractivity (Wildman–Crippen MR) is 172 cm³/mol. The number of halogens is 1. The summed E-state index contributed by atoms with van der Waals surface area (Å²) in [5.41, 5.74) is -5.17. The number of carboxylic acids is 4. The minimum absolute atomic E-state index is 0.0676. The number of carboxylic acid groups (broad SMARTS) is 4. The molecule has 0 aromatic rings. The zero-order valence-corrected chi connectivity index (χ0v) is 28.9. The first-order valence-corrected chi connectivity index (χ1v) is 16.1. The van der Waals surface area contributed by atoms with Gasteiger partial charge in [-0.3, -0.25) is 28.8 Å². The van der Waals surface area contributed by atoms with Crippen molar-refractivity contribution in [3.8, 4) is 0 Å². The lowest BCUT2D eigenvalue weighted by Crippen LogP contribution is -2.69. The van der Waals surface area contributed by atoms with Gasteiger partial charge in [0, 0.05) is 42.4 Å². The van der Waals surface area contributed by atoms with Gasteiger partial charge in [0.1, 0.15) is 12.2 Å². The maximum absolute atomic E-state index is 16.9. The first-order valence-electron chi connectivity index (χ1n) is 16.1. The van der Waals surface area contributed by atoms with E-state index in [2.05, 4.69) is 0 Å². The molecule has 8 atom stereocenters. The number of carbonyl (C=O) groups is 6. The molecule has 14 heteroatoms. The fraction of sp³-hybridized carbons (Fsp3) is 0.706. The molecule has 4 aliphatic carbocycles. The Morgan fingerprint density at radius 2 is 1.27 bits per heavy atom. The maximum atomic E-state index is 16.9. The first kappa shape index (κ1) is 44.5. The summed E-state index contributed by atoms with van der Waals surface area (Å²) in [6, 6.07) is 0. The van der Waals surface area contributed by atoms with E-state index >= 15 is 4.39 Å². The molecule has 48 heavy (non-hydrogen) atoms. The van der Waals surface area contributed by atoms with Gasteiger partial charge in [0.2, 0.25) is 0 Å². The van der Waals surface area contributed by atoms with Crippen LogP contribution in [-0.4, -0.2) is 95.2 Å². The Morgan fingerprint density at radius 1 is 0.854 bits per heavy atom. The van der Waals surface area contributed by atoms with Gasteiger partial charge >= 0.3 is 23.9 Å². The minimum atomic E-state index is -1.98. The second-order valence-corrected chi connectivity index (χ2v) is 12.7. The van der Waals surface area contributed by atoms with Crippen molar-refractivity contribution in [3.63, 3.8) is 0 Å². The van der Waals surface area contributed by atoms with Crippen LogP contribution in [0, 0.1) is 28.6 Å². The van der Waals surface area contributed by atoms with Crippen LogP contribution in [0.3, 0.4) is 0 Å². The van der Waals surface area contributed by atoms with Crippen LogP contribution in [0.4, 0.5) is 4.39 Å². The van der Waals surface area contributed by atoms with Crippen molar-refractivity contribution < 1.29 is 68.9 Å². The van der Waals surface area contributed by atoms with E-state index in [4.69, 9.17) is 20.4 Å². The second kappa shape index (κ2) is 18.3. The third-order valence-electron chi connectivity index (χ3n) is 10.0. The van der Waals surface area contributed by atoms with E-state index in [0.29, 0.717) is 24.8 Å². The Labute approximate surface area is 280 Å². The highest BCUT2D eigenvalue weighted by atomic mass is 19.1. The molecule has 0 aromatic heterocycles. The van der Waals surface area contributed by atoms with E-state index in [9.17, 15) is 44.1 Å². The summed E-state index contributed by atoms with van der Waals surface area (Å²) in [5.74, 6) is -5.10. The minimum Gasteiger partial charge on any atom is -0.481 e. The van der Waals surface area contributed by atoms with Crippen LogP contribution in [-0.2, 0) is 28.8 Å². The molecule has 0 bridgehead atoms. The lowest BCUT2D eigenvalue weighted by atomic mass is 9.44. The van der Waals surface area contributed by atoms with E-state index < -0.39 is 76.3 Å². The van der Waals surface area contributed by atoms with Crippen LogP contribution >= 0.6 is 0 Å². The maximum Gasteiger partial charge on any atom is 0.303 e. The number of hydrogen-bond donors (Lipinski definition) is 7. The van der Waals surface area contributed by atoms with Crippen molar-refractivity contribution in [2.24, 2.45) is 28.6 Å². The Balaban J connectivity index is 0.000000903. The number of ketones is 2. The topological polar surface area (TPSA) is 244 Å². The highest BCUT2D eigenvalue weighted by molar-refractivity contribution is 6.01. The smallest absolute Gasteiger partial charge is 0.303 e. The summed E-state index contributed by atoms with van der Waals surface area (Å²) in [7, 11) is 0. The summed E-state index contributed by atoms with van der Waals surface area (Å²) in [6.45, 7) is 10.9. The van der Waals surface area contributed by atoms with Crippen molar-refractivity contribution in [3.05, 3.63) is 23.8 Å². The van der Waals surface area contributed by atoms with Gasteiger partial charge in [-0.05, 0) is 56.6 Å². The summed E-state index contributed by atoms with van der Waals surface area (Å²) in [5, 5.41) is 62.9. The van der Waals surface area contributed by atoms with Gasteiger partial charge in [-0.25, -0.2) is 4.39 Å². The third-order valence-corrected chi connectivity index (χ3v) is 10.0. The molecule has 4 aliphatic rings. The van der Waals surface area contributed by atoms with Gasteiger partial charge in [0.15, 0.2) is 17.2 Å². The molecule has 274 valence electrons. The zero-order chi connectivity index (χ0) is 37.8. The molecule has 0 unspecified atom stereocenters. The average molecular weight is 689 g/mol. The Bertz CT molecular complexity index is 1190. The highest BCUT2D eigenvalue weighted by Gasteiger charge is 2.75. The fourth-order valence-electron chi connectivity index (χ4n) is 7.26. The van der Waals surface area contributed by atoms with Gasteiger partial charge in [-0.15, -0.1) is 0 Å². The Morgan fingerprint density at radius 3 is 1.65 bits per heavy atom. The molecule has 0 aromatic carbocycles. The molecule has 0 amide bonds. The van der Waals surface area contributed by atoms with Gasteiger partial charge in [0.05, 0.1) is 6.10 Å². The molecule has 0 radical (unpaired) electrons. The molecule has 4 rings (SSSR count). The van der Waals surface area contributed by atoms with E-state index in [0.717, 1.165) is 0 Å². The summed E-state index contributed by atoms with van der Waals surface area (Å²) < 4.78 is 16.9.